The molecule has 1 aliphatic carbocycles. The van der Waals surface area contributed by atoms with E-state index < -0.39 is 11.0 Å². The maximum Gasteiger partial charge on any atom is 0.254 e. The number of benzene rings is 2. The van der Waals surface area contributed by atoms with Crippen LogP contribution in [0.5, 0.6) is 0 Å². The minimum atomic E-state index is -0.782. The molecule has 104 valence electrons. The van der Waals surface area contributed by atoms with Crippen LogP contribution in [0.15, 0.2) is 34.8 Å². The number of carbonyl (C=O) groups excluding carboxylic acids is 3. The molecular weight excluding hydrogens is 358 g/mol. The summed E-state index contributed by atoms with van der Waals surface area (Å²) in [6.45, 7) is 0. The first-order valence-corrected chi connectivity index (χ1v) is 7.10. The van der Waals surface area contributed by atoms with Gasteiger partial charge in [-0.3, -0.25) is 14.4 Å². The van der Waals surface area contributed by atoms with Gasteiger partial charge < -0.3 is 5.73 Å². The standard InChI is InChI=1S/C15H7BrClNO3/c16-9-5-8(15(17)21)12(18)11-10(9)13(19)6-3-1-2-4-7(6)14(11)20/h1-5H,18H2. The molecule has 1 aliphatic rings. The number of fused-ring (bicyclic) bond motifs is 2. The summed E-state index contributed by atoms with van der Waals surface area (Å²) in [6.07, 6.45) is 0. The Hall–Kier alpha value is -1.98. The molecule has 0 radical (unpaired) electrons. The van der Waals surface area contributed by atoms with Gasteiger partial charge in [0.1, 0.15) is 0 Å². The highest BCUT2D eigenvalue weighted by Gasteiger charge is 2.34. The van der Waals surface area contributed by atoms with Crippen molar-refractivity contribution in [3.8, 4) is 0 Å². The third kappa shape index (κ3) is 1.92. The Labute approximate surface area is 133 Å². The van der Waals surface area contributed by atoms with Gasteiger partial charge in [0.15, 0.2) is 11.6 Å². The summed E-state index contributed by atoms with van der Waals surface area (Å²) in [7, 11) is 0. The van der Waals surface area contributed by atoms with E-state index in [4.69, 9.17) is 17.3 Å². The highest BCUT2D eigenvalue weighted by Crippen LogP contribution is 2.37. The van der Waals surface area contributed by atoms with Crippen molar-refractivity contribution in [2.24, 2.45) is 0 Å². The van der Waals surface area contributed by atoms with E-state index in [1.54, 1.807) is 24.3 Å². The van der Waals surface area contributed by atoms with E-state index in [2.05, 4.69) is 15.9 Å². The number of ketones is 2. The number of carbonyl (C=O) groups is 3. The van der Waals surface area contributed by atoms with Crippen molar-refractivity contribution in [2.45, 2.75) is 0 Å². The fraction of sp³-hybridized carbons (Fsp3) is 0. The Morgan fingerprint density at radius 2 is 1.57 bits per heavy atom. The van der Waals surface area contributed by atoms with E-state index in [1.807, 2.05) is 0 Å². The number of anilines is 1. The molecule has 2 N–H and O–H groups in total. The van der Waals surface area contributed by atoms with Crippen molar-refractivity contribution >= 4 is 50.0 Å². The fourth-order valence-corrected chi connectivity index (χ4v) is 3.20. The van der Waals surface area contributed by atoms with Crippen LogP contribution in [-0.4, -0.2) is 16.8 Å². The smallest absolute Gasteiger partial charge is 0.254 e. The molecule has 0 amide bonds. The minimum absolute atomic E-state index is 0.00261. The number of nitrogen functional groups attached to an aromatic ring is 1. The quantitative estimate of drug-likeness (QED) is 0.531. The molecule has 0 saturated carbocycles. The van der Waals surface area contributed by atoms with Gasteiger partial charge in [-0.1, -0.05) is 24.3 Å². The molecule has 6 heteroatoms. The summed E-state index contributed by atoms with van der Waals surface area (Å²) < 4.78 is 0.323. The van der Waals surface area contributed by atoms with E-state index in [0.29, 0.717) is 10.0 Å². The lowest BCUT2D eigenvalue weighted by Gasteiger charge is -2.21. The molecule has 0 spiro atoms. The van der Waals surface area contributed by atoms with Crippen LogP contribution in [0.3, 0.4) is 0 Å². The lowest BCUT2D eigenvalue weighted by atomic mass is 9.82. The summed E-state index contributed by atoms with van der Waals surface area (Å²) in [5.74, 6) is -0.703. The Balaban J connectivity index is 2.41. The molecule has 2 aromatic carbocycles. The van der Waals surface area contributed by atoms with Crippen LogP contribution in [0.1, 0.15) is 42.2 Å². The normalized spacial score (nSPS) is 12.9. The number of hydrogen-bond acceptors (Lipinski definition) is 4. The zero-order valence-electron chi connectivity index (χ0n) is 10.4. The van der Waals surface area contributed by atoms with Gasteiger partial charge in [-0.25, -0.2) is 0 Å². The minimum Gasteiger partial charge on any atom is -0.397 e. The van der Waals surface area contributed by atoms with Crippen LogP contribution in [-0.2, 0) is 0 Å². The predicted octanol–water partition coefficient (Wildman–Crippen LogP) is 3.19. The highest BCUT2D eigenvalue weighted by molar-refractivity contribution is 9.10. The molecular formula is C15H7BrClNO3. The molecule has 0 atom stereocenters. The second kappa shape index (κ2) is 4.79. The average molecular weight is 365 g/mol. The van der Waals surface area contributed by atoms with E-state index in [9.17, 15) is 14.4 Å². The molecule has 0 aromatic heterocycles. The first kappa shape index (κ1) is 14.0. The molecule has 2 aromatic rings. The first-order valence-electron chi connectivity index (χ1n) is 5.93. The highest BCUT2D eigenvalue weighted by atomic mass is 79.9. The monoisotopic (exact) mass is 363 g/mol. The van der Waals surface area contributed by atoms with Gasteiger partial charge in [0, 0.05) is 15.6 Å². The van der Waals surface area contributed by atoms with Gasteiger partial charge in [0.05, 0.1) is 22.4 Å². The molecule has 0 heterocycles. The topological polar surface area (TPSA) is 77.2 Å². The summed E-state index contributed by atoms with van der Waals surface area (Å²) in [5.41, 5.74) is 6.60. The van der Waals surface area contributed by atoms with Gasteiger partial charge in [-0.15, -0.1) is 0 Å². The van der Waals surface area contributed by atoms with E-state index in [1.165, 1.54) is 6.07 Å². The van der Waals surface area contributed by atoms with E-state index in [-0.39, 0.29) is 33.7 Å². The lowest BCUT2D eigenvalue weighted by molar-refractivity contribution is 0.0978. The van der Waals surface area contributed by atoms with Crippen LogP contribution in [0.2, 0.25) is 0 Å². The molecule has 4 nitrogen and oxygen atoms in total. The van der Waals surface area contributed by atoms with Crippen molar-refractivity contribution in [1.82, 2.24) is 0 Å². The first-order chi connectivity index (χ1) is 9.93. The Kier molecular flexibility index (Phi) is 3.19. The molecule has 0 aliphatic heterocycles. The summed E-state index contributed by atoms with van der Waals surface area (Å²) in [5, 5.41) is -0.782. The Morgan fingerprint density at radius 3 is 2.10 bits per heavy atom. The van der Waals surface area contributed by atoms with Crippen molar-refractivity contribution in [3.63, 3.8) is 0 Å². The van der Waals surface area contributed by atoms with Gasteiger partial charge in [-0.05, 0) is 33.6 Å². The van der Waals surface area contributed by atoms with Crippen molar-refractivity contribution in [2.75, 3.05) is 5.73 Å². The molecule has 0 unspecified atom stereocenters. The number of halogens is 2. The molecule has 0 bridgehead atoms. The van der Waals surface area contributed by atoms with Gasteiger partial charge in [-0.2, -0.15) is 0 Å². The molecule has 0 fully saturated rings. The molecule has 21 heavy (non-hydrogen) atoms. The second-order valence-electron chi connectivity index (χ2n) is 4.55. The van der Waals surface area contributed by atoms with Crippen LogP contribution in [0.25, 0.3) is 0 Å². The largest absolute Gasteiger partial charge is 0.397 e. The third-order valence-corrected chi connectivity index (χ3v) is 4.23. The second-order valence-corrected chi connectivity index (χ2v) is 5.74. The van der Waals surface area contributed by atoms with Crippen LogP contribution >= 0.6 is 27.5 Å². The molecule has 0 saturated heterocycles. The summed E-state index contributed by atoms with van der Waals surface area (Å²) in [4.78, 5) is 36.6. The van der Waals surface area contributed by atoms with Crippen LogP contribution < -0.4 is 5.73 Å². The van der Waals surface area contributed by atoms with Crippen molar-refractivity contribution in [1.29, 1.82) is 0 Å². The van der Waals surface area contributed by atoms with E-state index >= 15 is 0 Å². The van der Waals surface area contributed by atoms with Crippen molar-refractivity contribution < 1.29 is 14.4 Å². The summed E-state index contributed by atoms with van der Waals surface area (Å²) in [6, 6.07) is 7.85. The number of nitrogens with two attached hydrogens (primary N) is 1. The zero-order valence-corrected chi connectivity index (χ0v) is 12.8. The van der Waals surface area contributed by atoms with Gasteiger partial charge in [0.2, 0.25) is 0 Å². The Bertz CT molecular complexity index is 845. The van der Waals surface area contributed by atoms with Crippen LogP contribution in [0.4, 0.5) is 5.69 Å². The lowest BCUT2D eigenvalue weighted by Crippen LogP contribution is -2.24. The SMILES string of the molecule is Nc1c(C(=O)Cl)cc(Br)c2c1C(=O)c1ccccc1C2=O. The third-order valence-electron chi connectivity index (χ3n) is 3.40. The fourth-order valence-electron chi connectivity index (χ4n) is 2.43. The maximum absolute atomic E-state index is 12.6. The number of rotatable bonds is 1. The number of hydrogen-bond donors (Lipinski definition) is 1. The van der Waals surface area contributed by atoms with E-state index in [0.717, 1.165) is 0 Å². The molecule has 3 rings (SSSR count). The zero-order chi connectivity index (χ0) is 15.3. The van der Waals surface area contributed by atoms with Crippen molar-refractivity contribution in [3.05, 3.63) is 62.6 Å². The Morgan fingerprint density at radius 1 is 1.05 bits per heavy atom. The predicted molar refractivity (Wildman–Crippen MR) is 82.0 cm³/mol. The maximum atomic E-state index is 12.6. The summed E-state index contributed by atoms with van der Waals surface area (Å²) >= 11 is 8.69. The average Bonchev–Trinajstić information content (AvgIpc) is 2.46. The van der Waals surface area contributed by atoms with Crippen LogP contribution in [0, 0.1) is 0 Å². The van der Waals surface area contributed by atoms with Gasteiger partial charge in [0.25, 0.3) is 5.24 Å². The van der Waals surface area contributed by atoms with Gasteiger partial charge >= 0.3 is 0 Å².